The topological polar surface area (TPSA) is 108 Å². The third kappa shape index (κ3) is 10.3. The first-order valence-corrected chi connectivity index (χ1v) is 10.7. The second kappa shape index (κ2) is 9.58. The van der Waals surface area contributed by atoms with Gasteiger partial charge in [0, 0.05) is 0 Å². The number of rotatable bonds is 7. The van der Waals surface area contributed by atoms with Gasteiger partial charge in [0.15, 0.2) is 0 Å². The number of benzene rings is 1. The lowest BCUT2D eigenvalue weighted by molar-refractivity contribution is -0.155. The minimum atomic E-state index is -4.06. The van der Waals surface area contributed by atoms with Gasteiger partial charge in [0.2, 0.25) is 0 Å². The van der Waals surface area contributed by atoms with E-state index in [1.807, 2.05) is 6.92 Å². The standard InChI is InChI=1S/C20H31NO7S/c1-14-8-10-16(11-9-14)29(24,25)26-13-15(12-17(22)27-19(2,3)4)21-18(23)28-20(5,6)7/h8-11,15H,12-13H2,1-7H3,(H,21,23)/t15-/m0/s1. The summed E-state index contributed by atoms with van der Waals surface area (Å²) in [6.45, 7) is 11.6. The molecule has 1 aromatic rings. The highest BCUT2D eigenvalue weighted by Crippen LogP contribution is 2.15. The average Bonchev–Trinajstić information content (AvgIpc) is 2.49. The SMILES string of the molecule is Cc1ccc(S(=O)(=O)OC[C@H](CC(=O)OC(C)(C)C)NC(=O)OC(C)(C)C)cc1. The van der Waals surface area contributed by atoms with Crippen molar-refractivity contribution < 1.29 is 31.7 Å². The van der Waals surface area contributed by atoms with Crippen LogP contribution in [0.4, 0.5) is 4.79 Å². The summed E-state index contributed by atoms with van der Waals surface area (Å²) in [6, 6.07) is 5.18. The van der Waals surface area contributed by atoms with Gasteiger partial charge < -0.3 is 14.8 Å². The third-order valence-corrected chi connectivity index (χ3v) is 4.58. The van der Waals surface area contributed by atoms with Crippen molar-refractivity contribution in [3.05, 3.63) is 29.8 Å². The fourth-order valence-electron chi connectivity index (χ4n) is 2.15. The zero-order valence-electron chi connectivity index (χ0n) is 18.1. The second-order valence-electron chi connectivity index (χ2n) is 8.69. The Morgan fingerprint density at radius 2 is 1.48 bits per heavy atom. The Kier molecular flexibility index (Phi) is 8.23. The van der Waals surface area contributed by atoms with Crippen LogP contribution in [-0.2, 0) is 28.6 Å². The molecular formula is C20H31NO7S. The predicted octanol–water partition coefficient (Wildman–Crippen LogP) is 3.33. The summed E-state index contributed by atoms with van der Waals surface area (Å²) in [4.78, 5) is 24.2. The number of esters is 1. The summed E-state index contributed by atoms with van der Waals surface area (Å²) in [6.07, 6.45) is -1.07. The molecule has 0 spiro atoms. The van der Waals surface area contributed by atoms with Crippen molar-refractivity contribution in [1.82, 2.24) is 5.32 Å². The van der Waals surface area contributed by atoms with E-state index in [-0.39, 0.29) is 11.3 Å². The van der Waals surface area contributed by atoms with Gasteiger partial charge >= 0.3 is 12.1 Å². The Morgan fingerprint density at radius 1 is 0.966 bits per heavy atom. The van der Waals surface area contributed by atoms with Crippen molar-refractivity contribution in [2.75, 3.05) is 6.61 Å². The van der Waals surface area contributed by atoms with Crippen LogP contribution >= 0.6 is 0 Å². The quantitative estimate of drug-likeness (QED) is 0.523. The van der Waals surface area contributed by atoms with Gasteiger partial charge in [0.1, 0.15) is 11.2 Å². The predicted molar refractivity (Wildman–Crippen MR) is 108 cm³/mol. The van der Waals surface area contributed by atoms with Crippen LogP contribution in [0.2, 0.25) is 0 Å². The van der Waals surface area contributed by atoms with E-state index in [0.717, 1.165) is 5.56 Å². The highest BCUT2D eigenvalue weighted by Gasteiger charge is 2.26. The van der Waals surface area contributed by atoms with Crippen LogP contribution in [0.25, 0.3) is 0 Å². The second-order valence-corrected chi connectivity index (χ2v) is 10.3. The molecule has 1 amide bonds. The molecule has 0 unspecified atom stereocenters. The first kappa shape index (κ1) is 24.9. The van der Waals surface area contributed by atoms with Crippen molar-refractivity contribution in [1.29, 1.82) is 0 Å². The van der Waals surface area contributed by atoms with Gasteiger partial charge in [0.25, 0.3) is 10.1 Å². The number of hydrogen-bond donors (Lipinski definition) is 1. The van der Waals surface area contributed by atoms with Crippen LogP contribution in [0.5, 0.6) is 0 Å². The third-order valence-electron chi connectivity index (χ3n) is 3.29. The lowest BCUT2D eigenvalue weighted by Crippen LogP contribution is -2.43. The van der Waals surface area contributed by atoms with Gasteiger partial charge in [0.05, 0.1) is 24.0 Å². The molecule has 0 bridgehead atoms. The smallest absolute Gasteiger partial charge is 0.407 e. The van der Waals surface area contributed by atoms with E-state index in [0.29, 0.717) is 0 Å². The van der Waals surface area contributed by atoms with E-state index >= 15 is 0 Å². The maximum absolute atomic E-state index is 12.4. The maximum Gasteiger partial charge on any atom is 0.407 e. The number of alkyl carbamates (subject to hydrolysis) is 1. The molecule has 9 heteroatoms. The molecule has 0 radical (unpaired) electrons. The van der Waals surface area contributed by atoms with Crippen molar-refractivity contribution in [3.8, 4) is 0 Å². The Bertz CT molecular complexity index is 773. The largest absolute Gasteiger partial charge is 0.460 e. The number of ether oxygens (including phenoxy) is 2. The molecule has 0 heterocycles. The van der Waals surface area contributed by atoms with Crippen LogP contribution in [-0.4, -0.2) is 44.3 Å². The van der Waals surface area contributed by atoms with Crippen molar-refractivity contribution in [2.24, 2.45) is 0 Å². The van der Waals surface area contributed by atoms with E-state index in [1.54, 1.807) is 53.7 Å². The maximum atomic E-state index is 12.4. The minimum Gasteiger partial charge on any atom is -0.460 e. The van der Waals surface area contributed by atoms with E-state index < -0.39 is 46.0 Å². The van der Waals surface area contributed by atoms with Crippen molar-refractivity contribution in [3.63, 3.8) is 0 Å². The first-order chi connectivity index (χ1) is 13.1. The molecule has 29 heavy (non-hydrogen) atoms. The molecule has 0 saturated carbocycles. The molecule has 0 aliphatic rings. The molecule has 0 aromatic heterocycles. The van der Waals surface area contributed by atoms with Crippen LogP contribution in [0.3, 0.4) is 0 Å². The molecule has 0 aliphatic carbocycles. The van der Waals surface area contributed by atoms with Gasteiger partial charge in [-0.3, -0.25) is 8.98 Å². The highest BCUT2D eigenvalue weighted by molar-refractivity contribution is 7.86. The highest BCUT2D eigenvalue weighted by atomic mass is 32.2. The summed E-state index contributed by atoms with van der Waals surface area (Å²) >= 11 is 0. The van der Waals surface area contributed by atoms with Gasteiger partial charge in [-0.1, -0.05) is 17.7 Å². The van der Waals surface area contributed by atoms with Crippen molar-refractivity contribution >= 4 is 22.2 Å². The number of amides is 1. The van der Waals surface area contributed by atoms with Crippen LogP contribution in [0.1, 0.15) is 53.5 Å². The number of carbonyl (C=O) groups excluding carboxylic acids is 2. The summed E-state index contributed by atoms with van der Waals surface area (Å²) in [5.74, 6) is -0.602. The zero-order valence-corrected chi connectivity index (χ0v) is 18.9. The van der Waals surface area contributed by atoms with Crippen LogP contribution in [0.15, 0.2) is 29.2 Å². The van der Waals surface area contributed by atoms with Gasteiger partial charge in [-0.15, -0.1) is 0 Å². The molecule has 0 aliphatic heterocycles. The molecule has 8 nitrogen and oxygen atoms in total. The average molecular weight is 430 g/mol. The first-order valence-electron chi connectivity index (χ1n) is 9.25. The van der Waals surface area contributed by atoms with E-state index in [9.17, 15) is 18.0 Å². The van der Waals surface area contributed by atoms with E-state index in [4.69, 9.17) is 13.7 Å². The molecule has 0 fully saturated rings. The lowest BCUT2D eigenvalue weighted by Gasteiger charge is -2.25. The molecule has 0 saturated heterocycles. The number of aryl methyl sites for hydroxylation is 1. The summed E-state index contributed by atoms with van der Waals surface area (Å²) in [7, 11) is -4.06. The Labute approximate surface area is 173 Å². The van der Waals surface area contributed by atoms with E-state index in [2.05, 4.69) is 5.32 Å². The van der Waals surface area contributed by atoms with Gasteiger partial charge in [-0.25, -0.2) is 4.79 Å². The monoisotopic (exact) mass is 429 g/mol. The summed E-state index contributed by atoms with van der Waals surface area (Å²) in [5.41, 5.74) is -0.573. The van der Waals surface area contributed by atoms with Crippen molar-refractivity contribution in [2.45, 2.75) is 77.0 Å². The molecule has 1 atom stereocenters. The number of hydrogen-bond acceptors (Lipinski definition) is 7. The number of carbonyl (C=O) groups is 2. The van der Waals surface area contributed by atoms with Gasteiger partial charge in [-0.2, -0.15) is 8.42 Å². The molecule has 1 N–H and O–H groups in total. The van der Waals surface area contributed by atoms with Gasteiger partial charge in [-0.05, 0) is 60.6 Å². The summed E-state index contributed by atoms with van der Waals surface area (Å²) in [5, 5.41) is 2.47. The fourth-order valence-corrected chi connectivity index (χ4v) is 3.10. The minimum absolute atomic E-state index is 0.0172. The molecular weight excluding hydrogens is 398 g/mol. The Balaban J connectivity index is 2.87. The fraction of sp³-hybridized carbons (Fsp3) is 0.600. The normalized spacial score (nSPS) is 13.5. The van der Waals surface area contributed by atoms with Crippen LogP contribution in [0, 0.1) is 6.92 Å². The number of nitrogens with one attached hydrogen (secondary N) is 1. The van der Waals surface area contributed by atoms with Crippen LogP contribution < -0.4 is 5.32 Å². The Morgan fingerprint density at radius 3 is 1.97 bits per heavy atom. The van der Waals surface area contributed by atoms with E-state index in [1.165, 1.54) is 12.1 Å². The zero-order chi connectivity index (χ0) is 22.5. The Hall–Kier alpha value is -2.13. The summed E-state index contributed by atoms with van der Waals surface area (Å²) < 4.78 is 40.3. The lowest BCUT2D eigenvalue weighted by atomic mass is 10.1. The molecule has 164 valence electrons. The molecule has 1 rings (SSSR count). The molecule has 1 aromatic carbocycles.